The van der Waals surface area contributed by atoms with E-state index in [-0.39, 0.29) is 40.2 Å². The average molecular weight is 553 g/mol. The van der Waals surface area contributed by atoms with Crippen LogP contribution in [0.25, 0.3) is 0 Å². The lowest BCUT2D eigenvalue weighted by molar-refractivity contribution is -0.122. The van der Waals surface area contributed by atoms with Crippen molar-refractivity contribution >= 4 is 54.8 Å². The molecule has 0 aliphatic heterocycles. The number of nitrogens with one attached hydrogen (secondary N) is 1. The lowest BCUT2D eigenvalue weighted by Crippen LogP contribution is -2.50. The van der Waals surface area contributed by atoms with Crippen molar-refractivity contribution in [1.82, 2.24) is 9.62 Å². The summed E-state index contributed by atoms with van der Waals surface area (Å²) in [4.78, 5) is 13.0. The van der Waals surface area contributed by atoms with Crippen LogP contribution in [-0.4, -0.2) is 66.6 Å². The number of nitrogens with zero attached hydrogens (tertiary/aromatic N) is 2. The van der Waals surface area contributed by atoms with Gasteiger partial charge in [-0.2, -0.15) is 0 Å². The van der Waals surface area contributed by atoms with Gasteiger partial charge in [0.15, 0.2) is 0 Å². The maximum Gasteiger partial charge on any atom is 0.244 e. The van der Waals surface area contributed by atoms with Gasteiger partial charge in [-0.1, -0.05) is 30.1 Å². The Kier molecular flexibility index (Phi) is 9.61. The van der Waals surface area contributed by atoms with Gasteiger partial charge in [-0.25, -0.2) is 21.1 Å². The number of rotatable bonds is 11. The van der Waals surface area contributed by atoms with E-state index in [0.29, 0.717) is 5.75 Å². The number of benzene rings is 2. The minimum atomic E-state index is -3.83. The van der Waals surface area contributed by atoms with Gasteiger partial charge in [-0.15, -0.1) is 0 Å². The van der Waals surface area contributed by atoms with Gasteiger partial charge in [0, 0.05) is 24.1 Å². The second kappa shape index (κ2) is 11.6. The first-order valence-corrected chi connectivity index (χ1v) is 14.2. The van der Waals surface area contributed by atoms with E-state index in [0.717, 1.165) is 14.9 Å². The molecular formula is C21H27Cl2N3O6S2. The minimum Gasteiger partial charge on any atom is -0.492 e. The summed E-state index contributed by atoms with van der Waals surface area (Å²) < 4.78 is 56.9. The molecule has 188 valence electrons. The first-order valence-electron chi connectivity index (χ1n) is 10.2. The molecule has 0 fully saturated rings. The summed E-state index contributed by atoms with van der Waals surface area (Å²) in [5.74, 6) is -0.0922. The maximum atomic E-state index is 12.8. The summed E-state index contributed by atoms with van der Waals surface area (Å²) >= 11 is 12.0. The summed E-state index contributed by atoms with van der Waals surface area (Å²) in [7, 11) is -4.49. The fourth-order valence-electron chi connectivity index (χ4n) is 3.11. The molecule has 0 saturated carbocycles. The number of ether oxygens (including phenoxy) is 1. The smallest absolute Gasteiger partial charge is 0.244 e. The summed E-state index contributed by atoms with van der Waals surface area (Å²) in [5.41, 5.74) is 0.186. The van der Waals surface area contributed by atoms with Crippen LogP contribution >= 0.6 is 23.2 Å². The first-order chi connectivity index (χ1) is 15.8. The van der Waals surface area contributed by atoms with Crippen molar-refractivity contribution in [2.24, 2.45) is 0 Å². The van der Waals surface area contributed by atoms with Crippen LogP contribution < -0.4 is 14.4 Å². The highest BCUT2D eigenvalue weighted by Crippen LogP contribution is 2.29. The molecule has 0 heterocycles. The predicted octanol–water partition coefficient (Wildman–Crippen LogP) is 2.98. The normalized spacial score (nSPS) is 12.9. The summed E-state index contributed by atoms with van der Waals surface area (Å²) in [6.07, 6.45) is 1.20. The van der Waals surface area contributed by atoms with Crippen molar-refractivity contribution in [3.8, 4) is 5.75 Å². The Bertz CT molecular complexity index is 1200. The van der Waals surface area contributed by atoms with E-state index >= 15 is 0 Å². The monoisotopic (exact) mass is 551 g/mol. The molecule has 0 aliphatic carbocycles. The minimum absolute atomic E-state index is 0.0871. The largest absolute Gasteiger partial charge is 0.492 e. The Morgan fingerprint density at radius 3 is 2.06 bits per heavy atom. The number of anilines is 1. The van der Waals surface area contributed by atoms with E-state index < -0.39 is 32.0 Å². The molecule has 1 unspecified atom stereocenters. The molecular weight excluding hydrogens is 525 g/mol. The zero-order chi connectivity index (χ0) is 25.7. The molecule has 1 atom stereocenters. The molecule has 9 nitrogen and oxygen atoms in total. The molecule has 13 heteroatoms. The Hall–Kier alpha value is -2.05. The number of hydrogen-bond donors (Lipinski definition) is 1. The quantitative estimate of drug-likeness (QED) is 0.429. The summed E-state index contributed by atoms with van der Waals surface area (Å²) in [6.45, 7) is 1.87. The highest BCUT2D eigenvalue weighted by molar-refractivity contribution is 7.92. The third-order valence-electron chi connectivity index (χ3n) is 4.70. The number of halogens is 2. The zero-order valence-electron chi connectivity index (χ0n) is 19.2. The lowest BCUT2D eigenvalue weighted by Gasteiger charge is -2.30. The van der Waals surface area contributed by atoms with Gasteiger partial charge in [0.25, 0.3) is 0 Å². The van der Waals surface area contributed by atoms with Crippen molar-refractivity contribution in [2.75, 3.05) is 37.8 Å². The van der Waals surface area contributed by atoms with Crippen LogP contribution in [0.3, 0.4) is 0 Å². The fourth-order valence-corrected chi connectivity index (χ4v) is 5.72. The van der Waals surface area contributed by atoms with Gasteiger partial charge < -0.3 is 10.1 Å². The lowest BCUT2D eigenvalue weighted by atomic mass is 10.2. The van der Waals surface area contributed by atoms with E-state index in [4.69, 9.17) is 27.9 Å². The topological polar surface area (TPSA) is 113 Å². The predicted molar refractivity (Wildman–Crippen MR) is 134 cm³/mol. The Balaban J connectivity index is 2.04. The molecule has 0 saturated heterocycles. The molecule has 0 aromatic heterocycles. The van der Waals surface area contributed by atoms with Gasteiger partial charge in [0.05, 0.1) is 23.4 Å². The van der Waals surface area contributed by atoms with Crippen LogP contribution in [-0.2, 0) is 24.8 Å². The first kappa shape index (κ1) is 28.2. The van der Waals surface area contributed by atoms with Crippen LogP contribution in [0.4, 0.5) is 5.69 Å². The second-order valence-electron chi connectivity index (χ2n) is 7.51. The molecule has 1 N–H and O–H groups in total. The molecule has 1 amide bonds. The van der Waals surface area contributed by atoms with E-state index in [9.17, 15) is 21.6 Å². The zero-order valence-corrected chi connectivity index (χ0v) is 22.3. The van der Waals surface area contributed by atoms with Crippen molar-refractivity contribution in [3.05, 3.63) is 52.5 Å². The van der Waals surface area contributed by atoms with Gasteiger partial charge in [-0.05, 0) is 48.9 Å². The third kappa shape index (κ3) is 7.22. The van der Waals surface area contributed by atoms with E-state index in [1.165, 1.54) is 56.6 Å². The van der Waals surface area contributed by atoms with Gasteiger partial charge in [-0.3, -0.25) is 9.10 Å². The number of hydrogen-bond acceptors (Lipinski definition) is 6. The average Bonchev–Trinajstić information content (AvgIpc) is 2.73. The maximum absolute atomic E-state index is 12.8. The van der Waals surface area contributed by atoms with Crippen molar-refractivity contribution in [3.63, 3.8) is 0 Å². The number of amides is 1. The van der Waals surface area contributed by atoms with Crippen LogP contribution in [0.2, 0.25) is 10.0 Å². The molecule has 2 aromatic rings. The van der Waals surface area contributed by atoms with Crippen molar-refractivity contribution in [2.45, 2.75) is 24.3 Å². The number of carbonyl (C=O) groups is 1. The summed E-state index contributed by atoms with van der Waals surface area (Å²) in [5, 5.41) is 3.15. The Labute approximate surface area is 210 Å². The van der Waals surface area contributed by atoms with Gasteiger partial charge in [0.2, 0.25) is 26.0 Å². The molecule has 2 rings (SSSR count). The Morgan fingerprint density at radius 1 is 1.03 bits per heavy atom. The highest BCUT2D eigenvalue weighted by atomic mass is 35.5. The van der Waals surface area contributed by atoms with Crippen molar-refractivity contribution < 1.29 is 26.4 Å². The SMILES string of the molecule is CCC(C(=O)NCCOc1ccc(S(=O)(=O)N(C)C)cc1)N(c1cc(Cl)cc(Cl)c1)S(C)(=O)=O. The molecule has 0 bridgehead atoms. The van der Waals surface area contributed by atoms with Crippen LogP contribution in [0, 0.1) is 0 Å². The van der Waals surface area contributed by atoms with E-state index in [2.05, 4.69) is 5.32 Å². The van der Waals surface area contributed by atoms with E-state index in [1.807, 2.05) is 0 Å². The van der Waals surface area contributed by atoms with Crippen LogP contribution in [0.1, 0.15) is 13.3 Å². The van der Waals surface area contributed by atoms with Gasteiger partial charge >= 0.3 is 0 Å². The molecule has 0 radical (unpaired) electrons. The summed E-state index contributed by atoms with van der Waals surface area (Å²) in [6, 6.07) is 9.17. The van der Waals surface area contributed by atoms with Crippen molar-refractivity contribution in [1.29, 1.82) is 0 Å². The molecule has 0 aliphatic rings. The van der Waals surface area contributed by atoms with E-state index in [1.54, 1.807) is 6.92 Å². The fraction of sp³-hybridized carbons (Fsp3) is 0.381. The van der Waals surface area contributed by atoms with Crippen LogP contribution in [0.5, 0.6) is 5.75 Å². The molecule has 34 heavy (non-hydrogen) atoms. The third-order valence-corrected chi connectivity index (χ3v) is 8.15. The number of carbonyl (C=O) groups excluding carboxylic acids is 1. The van der Waals surface area contributed by atoms with Gasteiger partial charge in [0.1, 0.15) is 18.4 Å². The molecule has 0 spiro atoms. The second-order valence-corrected chi connectivity index (χ2v) is 12.4. The Morgan fingerprint density at radius 2 is 1.59 bits per heavy atom. The van der Waals surface area contributed by atoms with Crippen LogP contribution in [0.15, 0.2) is 47.4 Å². The number of sulfonamides is 2. The standard InChI is InChI=1S/C21H27Cl2N3O6S2/c1-5-20(26(33(4,28)29)17-13-15(22)12-16(23)14-17)21(27)24-10-11-32-18-6-8-19(9-7-18)34(30,31)25(2)3/h6-9,12-14,20H,5,10-11H2,1-4H3,(H,24,27). The molecule has 2 aromatic carbocycles. The highest BCUT2D eigenvalue weighted by Gasteiger charge is 2.31.